The van der Waals surface area contributed by atoms with Crippen molar-refractivity contribution in [1.82, 2.24) is 0 Å². The summed E-state index contributed by atoms with van der Waals surface area (Å²) < 4.78 is 22.5. The number of amidine groups is 1. The fourth-order valence-electron chi connectivity index (χ4n) is 1.81. The normalized spacial score (nSPS) is 23.5. The van der Waals surface area contributed by atoms with Crippen molar-refractivity contribution < 1.29 is 12.5 Å². The van der Waals surface area contributed by atoms with E-state index in [-0.39, 0.29) is 9.01 Å². The van der Waals surface area contributed by atoms with Crippen LogP contribution in [0.15, 0.2) is 56.6 Å². The molecule has 0 saturated heterocycles. The molecule has 1 N–H and O–H groups in total. The molecule has 7 nitrogen and oxygen atoms in total. The number of nitrogens with zero attached hydrogens (tertiary/aromatic N) is 4. The molecule has 2 aliphatic heterocycles. The van der Waals surface area contributed by atoms with Gasteiger partial charge in [-0.1, -0.05) is 0 Å². The molecule has 1 atom stereocenters. The lowest BCUT2D eigenvalue weighted by Crippen LogP contribution is -2.33. The van der Waals surface area contributed by atoms with Crippen molar-refractivity contribution in [1.29, 1.82) is 0 Å². The summed E-state index contributed by atoms with van der Waals surface area (Å²) in [5, 5.41) is 7.19. The number of guanidine groups is 1. The van der Waals surface area contributed by atoms with Gasteiger partial charge in [0.15, 0.2) is 16.0 Å². The third kappa shape index (κ3) is 2.73. The highest BCUT2D eigenvalue weighted by Crippen LogP contribution is 2.25. The van der Waals surface area contributed by atoms with Gasteiger partial charge in [0.1, 0.15) is 6.21 Å². The Hall–Kier alpha value is -2.03. The van der Waals surface area contributed by atoms with E-state index in [0.717, 1.165) is 6.26 Å². The first-order chi connectivity index (χ1) is 9.87. The lowest BCUT2D eigenvalue weighted by Gasteiger charge is -2.12. The highest BCUT2D eigenvalue weighted by Gasteiger charge is 2.39. The highest BCUT2D eigenvalue weighted by atomic mass is 35.5. The van der Waals surface area contributed by atoms with Gasteiger partial charge < -0.3 is 5.32 Å². The first kappa shape index (κ1) is 13.9. The van der Waals surface area contributed by atoms with Crippen LogP contribution in [0.2, 0.25) is 0 Å². The van der Waals surface area contributed by atoms with E-state index in [1.807, 2.05) is 0 Å². The molecule has 0 saturated carbocycles. The first-order valence-corrected chi connectivity index (χ1v) is 8.16. The van der Waals surface area contributed by atoms with Crippen LogP contribution in [0.1, 0.15) is 0 Å². The molecule has 1 unspecified atom stereocenters. The molecule has 21 heavy (non-hydrogen) atoms. The van der Waals surface area contributed by atoms with E-state index in [2.05, 4.69) is 20.4 Å². The molecule has 1 aromatic carbocycles. The number of benzene rings is 1. The van der Waals surface area contributed by atoms with Gasteiger partial charge in [-0.25, -0.2) is 8.42 Å². The average Bonchev–Trinajstić information content (AvgIpc) is 2.74. The molecular weight excluding hydrogens is 314 g/mol. The molecular formula is C12H11ClN5O2S+. The summed E-state index contributed by atoms with van der Waals surface area (Å²) in [4.78, 5) is 8.42. The summed E-state index contributed by atoms with van der Waals surface area (Å²) >= 11 is 6.24. The number of sulfone groups is 1. The molecule has 0 fully saturated rings. The Bertz CT molecular complexity index is 811. The molecule has 0 aromatic heterocycles. The van der Waals surface area contributed by atoms with Crippen LogP contribution in [0, 0.1) is 0 Å². The van der Waals surface area contributed by atoms with E-state index in [0.29, 0.717) is 17.5 Å². The van der Waals surface area contributed by atoms with E-state index in [4.69, 9.17) is 11.8 Å². The minimum absolute atomic E-state index is 0.251. The Morgan fingerprint density at radius 2 is 1.95 bits per heavy atom. The van der Waals surface area contributed by atoms with Crippen LogP contribution in [0.5, 0.6) is 0 Å². The summed E-state index contributed by atoms with van der Waals surface area (Å²) in [6.07, 6.45) is 5.81. The molecule has 2 heterocycles. The number of nitrogens with one attached hydrogen (secondary N) is 1. The molecule has 0 aliphatic carbocycles. The third-order valence-corrected chi connectivity index (χ3v) is 4.35. The van der Waals surface area contributed by atoms with Crippen molar-refractivity contribution in [3.63, 3.8) is 0 Å². The Morgan fingerprint density at radius 3 is 2.57 bits per heavy atom. The largest absolute Gasteiger partial charge is 0.320 e. The van der Waals surface area contributed by atoms with Gasteiger partial charge >= 0.3 is 0 Å². The van der Waals surface area contributed by atoms with Crippen LogP contribution in [0.25, 0.3) is 0 Å². The summed E-state index contributed by atoms with van der Waals surface area (Å²) in [6.45, 7) is 0. The average molecular weight is 325 g/mol. The monoisotopic (exact) mass is 324 g/mol. The number of rotatable bonds is 2. The minimum Gasteiger partial charge on any atom is -0.320 e. The lowest BCUT2D eigenvalue weighted by molar-refractivity contribution is -0.659. The second-order valence-corrected chi connectivity index (χ2v) is 7.02. The first-order valence-electron chi connectivity index (χ1n) is 5.93. The maximum absolute atomic E-state index is 11.4. The van der Waals surface area contributed by atoms with Crippen molar-refractivity contribution in [3.05, 3.63) is 36.7 Å². The number of aliphatic imine (C=N–C) groups is 2. The summed E-state index contributed by atoms with van der Waals surface area (Å²) in [7, 11) is -3.21. The van der Waals surface area contributed by atoms with Gasteiger partial charge in [0.2, 0.25) is 11.8 Å². The maximum Gasteiger partial charge on any atom is 0.300 e. The van der Waals surface area contributed by atoms with E-state index in [1.54, 1.807) is 24.5 Å². The zero-order valence-corrected chi connectivity index (χ0v) is 12.5. The summed E-state index contributed by atoms with van der Waals surface area (Å²) in [5.41, 5.74) is 0.662. The molecule has 1 aromatic rings. The molecule has 2 aliphatic rings. The van der Waals surface area contributed by atoms with Gasteiger partial charge in [0.25, 0.3) is 11.8 Å². The maximum atomic E-state index is 11.4. The van der Waals surface area contributed by atoms with Crippen molar-refractivity contribution in [2.75, 3.05) is 11.6 Å². The lowest BCUT2D eigenvalue weighted by atomic mass is 10.3. The Morgan fingerprint density at radius 1 is 1.24 bits per heavy atom. The molecule has 3 rings (SSSR count). The van der Waals surface area contributed by atoms with Gasteiger partial charge in [-0.15, -0.1) is 4.99 Å². The number of quaternary nitrogens is 1. The molecule has 0 bridgehead atoms. The number of hydrogen-bond acceptors (Lipinski definition) is 6. The Kier molecular flexibility index (Phi) is 3.16. The zero-order chi connectivity index (χ0) is 15.1. The molecule has 108 valence electrons. The van der Waals surface area contributed by atoms with Gasteiger partial charge in [-0.2, -0.15) is 0 Å². The highest BCUT2D eigenvalue weighted by molar-refractivity contribution is 7.90. The molecule has 9 heteroatoms. The second-order valence-electron chi connectivity index (χ2n) is 4.49. The molecule has 0 amide bonds. The van der Waals surface area contributed by atoms with Gasteiger partial charge in [-0.3, -0.25) is 4.99 Å². The van der Waals surface area contributed by atoms with Crippen molar-refractivity contribution >= 4 is 45.3 Å². The predicted molar refractivity (Wildman–Crippen MR) is 81.8 cm³/mol. The van der Waals surface area contributed by atoms with Gasteiger partial charge in [0, 0.05) is 11.9 Å². The zero-order valence-electron chi connectivity index (χ0n) is 10.9. The standard InChI is InChI=1S/C12H11ClN5O2S/c1-21(19,20)10-4-2-9(3-5-10)15-12-16-11-8-14-6-7-18(11,13)17-12/h2-8H,1H3,(H,15,17)/q+1. The quantitative estimate of drug-likeness (QED) is 0.841. The topological polar surface area (TPSA) is 83.2 Å². The fourth-order valence-corrected chi connectivity index (χ4v) is 2.65. The smallest absolute Gasteiger partial charge is 0.300 e. The number of anilines is 1. The Balaban J connectivity index is 1.83. The van der Waals surface area contributed by atoms with Crippen molar-refractivity contribution in [3.8, 4) is 0 Å². The Labute approximate surface area is 126 Å². The second kappa shape index (κ2) is 4.76. The van der Waals surface area contributed by atoms with Crippen LogP contribution < -0.4 is 5.32 Å². The van der Waals surface area contributed by atoms with E-state index < -0.39 is 9.84 Å². The number of fused-ring (bicyclic) bond motifs is 1. The number of hydrogen-bond donors (Lipinski definition) is 1. The van der Waals surface area contributed by atoms with Crippen LogP contribution in [-0.2, 0) is 9.84 Å². The summed E-state index contributed by atoms with van der Waals surface area (Å²) in [5.74, 6) is 0.805. The predicted octanol–water partition coefficient (Wildman–Crippen LogP) is 1.71. The third-order valence-electron chi connectivity index (χ3n) is 2.86. The van der Waals surface area contributed by atoms with Crippen LogP contribution in [-0.4, -0.2) is 36.8 Å². The fraction of sp³-hybridized carbons (Fsp3) is 0.0833. The van der Waals surface area contributed by atoms with Gasteiger partial charge in [-0.05, 0) is 33.5 Å². The van der Waals surface area contributed by atoms with Crippen LogP contribution in [0.3, 0.4) is 0 Å². The molecule has 0 spiro atoms. The van der Waals surface area contributed by atoms with Crippen molar-refractivity contribution in [2.24, 2.45) is 15.1 Å². The SMILES string of the molecule is CS(=O)(=O)c1ccc(NC2=N[N+]3(Cl)C=CN=CC3=N2)cc1. The van der Waals surface area contributed by atoms with Crippen LogP contribution >= 0.6 is 11.8 Å². The summed E-state index contributed by atoms with van der Waals surface area (Å²) in [6, 6.07) is 6.30. The van der Waals surface area contributed by atoms with E-state index in [9.17, 15) is 8.42 Å². The minimum atomic E-state index is -3.21. The van der Waals surface area contributed by atoms with Crippen molar-refractivity contribution in [2.45, 2.75) is 4.90 Å². The van der Waals surface area contributed by atoms with Gasteiger partial charge in [0.05, 0.1) is 11.1 Å². The van der Waals surface area contributed by atoms with E-state index in [1.165, 1.54) is 18.3 Å². The van der Waals surface area contributed by atoms with E-state index >= 15 is 0 Å². The number of halogens is 1. The van der Waals surface area contributed by atoms with Crippen LogP contribution in [0.4, 0.5) is 5.69 Å². The molecule has 0 radical (unpaired) electrons.